The molecule has 6 rings (SSSR count). The third kappa shape index (κ3) is 4.81. The number of ether oxygens (including phenoxy) is 2. The number of allylic oxidation sites excluding steroid dienone is 1. The highest BCUT2D eigenvalue weighted by molar-refractivity contribution is 5.93. The van der Waals surface area contributed by atoms with E-state index >= 15 is 0 Å². The fraction of sp³-hybridized carbons (Fsp3) is 0.355. The Kier molecular flexibility index (Phi) is 6.75. The average Bonchev–Trinajstić information content (AvgIpc) is 3.49. The zero-order valence-corrected chi connectivity index (χ0v) is 22.3. The first-order valence-corrected chi connectivity index (χ1v) is 13.6. The molecule has 5 atom stereocenters. The predicted molar refractivity (Wildman–Crippen MR) is 150 cm³/mol. The molecule has 1 aromatic heterocycles. The minimum Gasteiger partial charge on any atom is -0.497 e. The zero-order valence-electron chi connectivity index (χ0n) is 22.3. The summed E-state index contributed by atoms with van der Waals surface area (Å²) >= 11 is 0. The second-order valence-electron chi connectivity index (χ2n) is 10.8. The molecule has 2 aliphatic heterocycles. The number of carbonyl (C=O) groups is 3. The number of nitrogens with zero attached hydrogens (tertiary/aromatic N) is 2. The molecule has 0 spiro atoms. The summed E-state index contributed by atoms with van der Waals surface area (Å²) in [5, 5.41) is 3.72. The number of benzene rings is 2. The van der Waals surface area contributed by atoms with Crippen molar-refractivity contribution in [2.24, 2.45) is 11.7 Å². The first-order chi connectivity index (χ1) is 19.4. The number of nitrogens with two attached hydrogens (primary N) is 1. The largest absolute Gasteiger partial charge is 0.497 e. The van der Waals surface area contributed by atoms with Gasteiger partial charge in [0, 0.05) is 35.4 Å². The van der Waals surface area contributed by atoms with E-state index in [0.717, 1.165) is 22.9 Å². The molecule has 2 amide bonds. The van der Waals surface area contributed by atoms with Gasteiger partial charge in [-0.05, 0) is 31.4 Å². The minimum atomic E-state index is -0.909. The van der Waals surface area contributed by atoms with Gasteiger partial charge in [-0.15, -0.1) is 0 Å². The molecule has 2 fully saturated rings. The molecule has 206 valence electrons. The molecule has 9 heteroatoms. The van der Waals surface area contributed by atoms with Gasteiger partial charge in [-0.25, -0.2) is 4.98 Å². The standard InChI is InChI=1S/C31H32N4O5/c1-39-21-11-12-23-26(13-21)33-25(19-7-3-2-4-8-19)15-28(23)40-22-14-27-29(37)34-31(18-36)16-20(31)9-5-6-10-24(32)30(38)35(27)17-22/h2-5,7-9,11-13,15,18,20,22,24,27H,6,10,14,16-17,32H2,1H3,(H,34,37)/b9-5-. The molecular formula is C31H32N4O5. The number of fused-ring (bicyclic) bond motifs is 3. The molecule has 0 bridgehead atoms. The lowest BCUT2D eigenvalue weighted by Gasteiger charge is -2.27. The van der Waals surface area contributed by atoms with Crippen molar-refractivity contribution < 1.29 is 23.9 Å². The molecule has 1 saturated heterocycles. The van der Waals surface area contributed by atoms with Crippen LogP contribution in [0.15, 0.2) is 66.7 Å². The third-order valence-corrected chi connectivity index (χ3v) is 8.15. The fourth-order valence-electron chi connectivity index (χ4n) is 5.75. The van der Waals surface area contributed by atoms with Gasteiger partial charge >= 0.3 is 0 Å². The van der Waals surface area contributed by atoms with Crippen LogP contribution in [-0.4, -0.2) is 65.4 Å². The van der Waals surface area contributed by atoms with Crippen molar-refractivity contribution >= 4 is 29.0 Å². The molecule has 5 unspecified atom stereocenters. The Morgan fingerprint density at radius 2 is 1.98 bits per heavy atom. The van der Waals surface area contributed by atoms with E-state index in [1.165, 1.54) is 4.90 Å². The van der Waals surface area contributed by atoms with E-state index in [0.29, 0.717) is 36.3 Å². The summed E-state index contributed by atoms with van der Waals surface area (Å²) in [6.45, 7) is 0.207. The number of amides is 2. The van der Waals surface area contributed by atoms with E-state index in [1.54, 1.807) is 7.11 Å². The lowest BCUT2D eigenvalue weighted by Crippen LogP contribution is -2.54. The minimum absolute atomic E-state index is 0.0428. The maximum atomic E-state index is 13.5. The van der Waals surface area contributed by atoms with Gasteiger partial charge in [0.25, 0.3) is 0 Å². The first kappa shape index (κ1) is 26.0. The van der Waals surface area contributed by atoms with E-state index in [4.69, 9.17) is 20.2 Å². The quantitative estimate of drug-likeness (QED) is 0.377. The lowest BCUT2D eigenvalue weighted by molar-refractivity contribution is -0.140. The molecule has 2 aromatic carbocycles. The molecule has 3 aliphatic rings. The summed E-state index contributed by atoms with van der Waals surface area (Å²) in [5.74, 6) is 0.585. The molecule has 1 saturated carbocycles. The third-order valence-electron chi connectivity index (χ3n) is 8.15. The highest BCUT2D eigenvalue weighted by Gasteiger charge is 2.56. The molecule has 3 heterocycles. The number of hydrogen-bond acceptors (Lipinski definition) is 7. The second-order valence-corrected chi connectivity index (χ2v) is 10.8. The SMILES string of the molecule is COc1ccc2c(OC3CC4C(=O)NC5(C=O)CC5/C=C\CCC(N)C(=O)N4C3)cc(-c3ccccc3)nc2c1. The van der Waals surface area contributed by atoms with Crippen molar-refractivity contribution in [3.05, 3.63) is 66.7 Å². The smallest absolute Gasteiger partial charge is 0.243 e. The molecule has 9 nitrogen and oxygen atoms in total. The van der Waals surface area contributed by atoms with Crippen molar-refractivity contribution in [1.29, 1.82) is 0 Å². The number of aromatic nitrogens is 1. The zero-order chi connectivity index (χ0) is 27.9. The number of carbonyl (C=O) groups excluding carboxylic acids is 3. The van der Waals surface area contributed by atoms with Crippen LogP contribution < -0.4 is 20.5 Å². The normalized spacial score (nSPS) is 28.9. The van der Waals surface area contributed by atoms with Crippen LogP contribution in [0.5, 0.6) is 11.5 Å². The maximum absolute atomic E-state index is 13.5. The summed E-state index contributed by atoms with van der Waals surface area (Å²) in [4.78, 5) is 45.2. The molecular weight excluding hydrogens is 508 g/mol. The number of pyridine rings is 1. The van der Waals surface area contributed by atoms with Gasteiger partial charge in [0.2, 0.25) is 11.8 Å². The van der Waals surface area contributed by atoms with E-state index in [9.17, 15) is 14.4 Å². The van der Waals surface area contributed by atoms with E-state index in [2.05, 4.69) is 5.32 Å². The lowest BCUT2D eigenvalue weighted by atomic mass is 10.1. The van der Waals surface area contributed by atoms with E-state index in [1.807, 2.05) is 66.7 Å². The van der Waals surface area contributed by atoms with Crippen molar-refractivity contribution in [2.75, 3.05) is 13.7 Å². The van der Waals surface area contributed by atoms with Crippen LogP contribution in [0.4, 0.5) is 0 Å². The van der Waals surface area contributed by atoms with Crippen LogP contribution in [0.3, 0.4) is 0 Å². The van der Waals surface area contributed by atoms with E-state index < -0.39 is 23.7 Å². The summed E-state index contributed by atoms with van der Waals surface area (Å²) in [5.41, 5.74) is 7.73. The summed E-state index contributed by atoms with van der Waals surface area (Å²) in [6, 6.07) is 15.8. The second kappa shape index (κ2) is 10.4. The number of methoxy groups -OCH3 is 1. The number of nitrogens with one attached hydrogen (secondary N) is 1. The average molecular weight is 541 g/mol. The van der Waals surface area contributed by atoms with E-state index in [-0.39, 0.29) is 30.7 Å². The van der Waals surface area contributed by atoms with Crippen molar-refractivity contribution in [2.45, 2.75) is 49.4 Å². The van der Waals surface area contributed by atoms with Crippen molar-refractivity contribution in [3.63, 3.8) is 0 Å². The Balaban J connectivity index is 1.33. The van der Waals surface area contributed by atoms with Gasteiger partial charge in [0.05, 0.1) is 30.9 Å². The number of aldehydes is 1. The fourth-order valence-corrected chi connectivity index (χ4v) is 5.75. The van der Waals surface area contributed by atoms with Crippen LogP contribution in [0.2, 0.25) is 0 Å². The number of rotatable bonds is 5. The molecule has 3 aromatic rings. The monoisotopic (exact) mass is 540 g/mol. The molecule has 3 N–H and O–H groups in total. The predicted octanol–water partition coefficient (Wildman–Crippen LogP) is 3.01. The molecule has 1 aliphatic carbocycles. The van der Waals surface area contributed by atoms with Crippen LogP contribution in [-0.2, 0) is 14.4 Å². The van der Waals surface area contributed by atoms with Gasteiger partial charge in [-0.3, -0.25) is 9.59 Å². The van der Waals surface area contributed by atoms with Crippen molar-refractivity contribution in [1.82, 2.24) is 15.2 Å². The van der Waals surface area contributed by atoms with Crippen LogP contribution in [0.1, 0.15) is 25.7 Å². The Morgan fingerprint density at radius 1 is 1.15 bits per heavy atom. The van der Waals surface area contributed by atoms with Crippen LogP contribution >= 0.6 is 0 Å². The maximum Gasteiger partial charge on any atom is 0.243 e. The summed E-state index contributed by atoms with van der Waals surface area (Å²) < 4.78 is 12.0. The summed E-state index contributed by atoms with van der Waals surface area (Å²) in [7, 11) is 1.61. The van der Waals surface area contributed by atoms with Crippen LogP contribution in [0, 0.1) is 5.92 Å². The molecule has 40 heavy (non-hydrogen) atoms. The van der Waals surface area contributed by atoms with Gasteiger partial charge in [-0.1, -0.05) is 42.5 Å². The first-order valence-electron chi connectivity index (χ1n) is 13.6. The van der Waals surface area contributed by atoms with Crippen LogP contribution in [0.25, 0.3) is 22.2 Å². The highest BCUT2D eigenvalue weighted by Crippen LogP contribution is 2.43. The van der Waals surface area contributed by atoms with Crippen molar-refractivity contribution in [3.8, 4) is 22.8 Å². The highest BCUT2D eigenvalue weighted by atomic mass is 16.5. The Hall–Kier alpha value is -4.24. The topological polar surface area (TPSA) is 124 Å². The van der Waals surface area contributed by atoms with Gasteiger partial charge < -0.3 is 30.2 Å². The van der Waals surface area contributed by atoms with Gasteiger partial charge in [0.15, 0.2) is 0 Å². The number of hydrogen-bond donors (Lipinski definition) is 2. The Labute approximate surface area is 232 Å². The molecule has 0 radical (unpaired) electrons. The Bertz CT molecular complexity index is 1490. The van der Waals surface area contributed by atoms with Gasteiger partial charge in [0.1, 0.15) is 35.5 Å². The summed E-state index contributed by atoms with van der Waals surface area (Å²) in [6.07, 6.45) is 6.16. The Morgan fingerprint density at radius 3 is 2.75 bits per heavy atom. The van der Waals surface area contributed by atoms with Gasteiger partial charge in [-0.2, -0.15) is 0 Å².